The molecule has 138 valence electrons. The van der Waals surface area contributed by atoms with E-state index in [1.807, 2.05) is 54.6 Å². The smallest absolute Gasteiger partial charge is 0.338 e. The molecule has 3 aromatic rings. The van der Waals surface area contributed by atoms with Gasteiger partial charge in [-0.05, 0) is 87.1 Å². The Labute approximate surface area is 184 Å². The van der Waals surface area contributed by atoms with Gasteiger partial charge >= 0.3 is 11.9 Å². The van der Waals surface area contributed by atoms with Crippen molar-refractivity contribution in [1.82, 2.24) is 0 Å². The minimum atomic E-state index is -0.876. The number of hydrogen-bond acceptors (Lipinski definition) is 3. The van der Waals surface area contributed by atoms with Gasteiger partial charge in [0.05, 0.1) is 11.1 Å². The third-order valence-corrected chi connectivity index (χ3v) is 4.69. The number of halogens is 2. The highest BCUT2D eigenvalue weighted by atomic mass is 127. The topological polar surface area (TPSA) is 63.6 Å². The highest BCUT2D eigenvalue weighted by Crippen LogP contribution is 2.10. The minimum Gasteiger partial charge on any atom is -0.478 e. The van der Waals surface area contributed by atoms with Crippen LogP contribution >= 0.6 is 45.2 Å². The van der Waals surface area contributed by atoms with Gasteiger partial charge in [-0.15, -0.1) is 0 Å². The molecule has 0 heterocycles. The summed E-state index contributed by atoms with van der Waals surface area (Å²) in [6, 6.07) is 23.8. The monoisotopic (exact) mass is 586 g/mol. The molecule has 4 nitrogen and oxygen atoms in total. The second-order valence-corrected chi connectivity index (χ2v) is 7.88. The maximum atomic E-state index is 11.7. The zero-order chi connectivity index (χ0) is 19.6. The molecule has 0 bridgehead atoms. The summed E-state index contributed by atoms with van der Waals surface area (Å²) in [5, 5.41) is 8.51. The number of rotatable bonds is 4. The molecule has 6 heteroatoms. The van der Waals surface area contributed by atoms with E-state index < -0.39 is 5.97 Å². The molecule has 0 aliphatic carbocycles. The molecule has 0 amide bonds. The summed E-state index contributed by atoms with van der Waals surface area (Å²) in [7, 11) is 0. The summed E-state index contributed by atoms with van der Waals surface area (Å²) in [5.41, 5.74) is 1.92. The molecule has 1 N–H and O–H groups in total. The van der Waals surface area contributed by atoms with E-state index in [0.29, 0.717) is 17.7 Å². The van der Waals surface area contributed by atoms with Crippen LogP contribution < -0.4 is 0 Å². The lowest BCUT2D eigenvalue weighted by molar-refractivity contribution is 0.0472. The Kier molecular flexibility index (Phi) is 8.73. The van der Waals surface area contributed by atoms with Crippen molar-refractivity contribution in [2.45, 2.75) is 6.61 Å². The molecule has 0 saturated carbocycles. The number of carbonyl (C=O) groups excluding carboxylic acids is 1. The molecule has 27 heavy (non-hydrogen) atoms. The maximum absolute atomic E-state index is 11.7. The van der Waals surface area contributed by atoms with Crippen LogP contribution in [-0.4, -0.2) is 17.0 Å². The molecule has 0 spiro atoms. The number of benzene rings is 3. The zero-order valence-electron chi connectivity index (χ0n) is 14.1. The second kappa shape index (κ2) is 11.0. The molecule has 0 aliphatic rings. The van der Waals surface area contributed by atoms with Gasteiger partial charge in [0.1, 0.15) is 6.61 Å². The first-order valence-corrected chi connectivity index (χ1v) is 10.1. The highest BCUT2D eigenvalue weighted by Gasteiger charge is 2.07. The van der Waals surface area contributed by atoms with E-state index in [4.69, 9.17) is 9.84 Å². The Bertz CT molecular complexity index is 911. The van der Waals surface area contributed by atoms with Gasteiger partial charge in [-0.1, -0.05) is 42.5 Å². The van der Waals surface area contributed by atoms with Crippen molar-refractivity contribution in [1.29, 1.82) is 0 Å². The Hall–Kier alpha value is -1.94. The fourth-order valence-electron chi connectivity index (χ4n) is 2.04. The van der Waals surface area contributed by atoms with Crippen LogP contribution in [0.4, 0.5) is 0 Å². The van der Waals surface area contributed by atoms with E-state index in [2.05, 4.69) is 45.2 Å². The molecular weight excluding hydrogens is 570 g/mol. The van der Waals surface area contributed by atoms with Gasteiger partial charge in [-0.25, -0.2) is 9.59 Å². The van der Waals surface area contributed by atoms with Gasteiger partial charge in [0.25, 0.3) is 0 Å². The van der Waals surface area contributed by atoms with Gasteiger partial charge in [0.2, 0.25) is 0 Å². The Morgan fingerprint density at radius 1 is 0.778 bits per heavy atom. The molecule has 0 aromatic heterocycles. The zero-order valence-corrected chi connectivity index (χ0v) is 18.5. The summed E-state index contributed by atoms with van der Waals surface area (Å²) in [6.07, 6.45) is 0. The molecule has 0 fully saturated rings. The van der Waals surface area contributed by atoms with Crippen LogP contribution in [0.3, 0.4) is 0 Å². The van der Waals surface area contributed by atoms with Crippen LogP contribution in [0.2, 0.25) is 0 Å². The predicted molar refractivity (Wildman–Crippen MR) is 121 cm³/mol. The lowest BCUT2D eigenvalue weighted by Crippen LogP contribution is -2.05. The largest absolute Gasteiger partial charge is 0.478 e. The highest BCUT2D eigenvalue weighted by molar-refractivity contribution is 14.1. The number of carboxylic acid groups (broad SMARTS) is 1. The van der Waals surface area contributed by atoms with Crippen LogP contribution in [0, 0.1) is 7.14 Å². The van der Waals surface area contributed by atoms with Crippen LogP contribution in [0.5, 0.6) is 0 Å². The molecule has 0 unspecified atom stereocenters. The van der Waals surface area contributed by atoms with E-state index in [0.717, 1.165) is 12.7 Å². The number of carbonyl (C=O) groups is 2. The molecule has 3 rings (SSSR count). The Balaban J connectivity index is 0.000000223. The van der Waals surface area contributed by atoms with Gasteiger partial charge < -0.3 is 9.84 Å². The third kappa shape index (κ3) is 7.67. The van der Waals surface area contributed by atoms with E-state index >= 15 is 0 Å². The average Bonchev–Trinajstić information content (AvgIpc) is 2.67. The quantitative estimate of drug-likeness (QED) is 0.318. The second-order valence-electron chi connectivity index (χ2n) is 5.39. The minimum absolute atomic E-state index is 0.285. The predicted octanol–water partition coefficient (Wildman–Crippen LogP) is 5.64. The Morgan fingerprint density at radius 2 is 1.33 bits per heavy atom. The first-order valence-electron chi connectivity index (χ1n) is 7.91. The first-order chi connectivity index (χ1) is 13.0. The standard InChI is InChI=1S/C14H11IO2.C7H5IO2/c15-13-8-4-7-12(9-13)14(16)17-10-11-5-2-1-3-6-11;8-6-3-1-2-5(4-6)7(9)10/h1-9H,10H2;1-4H,(H,9,10). The van der Waals surface area contributed by atoms with Crippen molar-refractivity contribution < 1.29 is 19.4 Å². The molecule has 0 radical (unpaired) electrons. The summed E-state index contributed by atoms with van der Waals surface area (Å²) in [4.78, 5) is 22.1. The fraction of sp³-hybridized carbons (Fsp3) is 0.0476. The van der Waals surface area contributed by atoms with Crippen molar-refractivity contribution in [3.63, 3.8) is 0 Å². The summed E-state index contributed by atoms with van der Waals surface area (Å²) in [6.45, 7) is 0.311. The van der Waals surface area contributed by atoms with E-state index in [1.165, 1.54) is 0 Å². The summed E-state index contributed by atoms with van der Waals surface area (Å²) in [5.74, 6) is -1.16. The van der Waals surface area contributed by atoms with Gasteiger partial charge in [0.15, 0.2) is 0 Å². The number of esters is 1. The lowest BCUT2D eigenvalue weighted by Gasteiger charge is -2.05. The summed E-state index contributed by atoms with van der Waals surface area (Å²) < 4.78 is 7.19. The van der Waals surface area contributed by atoms with Crippen molar-refractivity contribution in [2.75, 3.05) is 0 Å². The summed E-state index contributed by atoms with van der Waals surface area (Å²) >= 11 is 4.25. The number of aromatic carboxylic acids is 1. The normalized spacial score (nSPS) is 9.70. The average molecular weight is 586 g/mol. The first kappa shape index (κ1) is 21.4. The fourth-order valence-corrected chi connectivity index (χ4v) is 3.13. The number of hydrogen-bond donors (Lipinski definition) is 1. The van der Waals surface area contributed by atoms with E-state index in [1.54, 1.807) is 24.3 Å². The SMILES string of the molecule is O=C(O)c1cccc(I)c1.O=C(OCc1ccccc1)c1cccc(I)c1. The number of ether oxygens (including phenoxy) is 1. The van der Waals surface area contributed by atoms with Crippen LogP contribution in [0.1, 0.15) is 26.3 Å². The van der Waals surface area contributed by atoms with Crippen LogP contribution in [0.15, 0.2) is 78.9 Å². The maximum Gasteiger partial charge on any atom is 0.338 e. The van der Waals surface area contributed by atoms with Crippen molar-refractivity contribution in [2.24, 2.45) is 0 Å². The molecule has 3 aromatic carbocycles. The molecule has 0 atom stereocenters. The van der Waals surface area contributed by atoms with Crippen LogP contribution in [0.25, 0.3) is 0 Å². The van der Waals surface area contributed by atoms with Gasteiger partial charge in [-0.3, -0.25) is 0 Å². The van der Waals surface area contributed by atoms with Crippen molar-refractivity contribution >= 4 is 57.1 Å². The van der Waals surface area contributed by atoms with Crippen molar-refractivity contribution in [3.8, 4) is 0 Å². The number of carboxylic acids is 1. The van der Waals surface area contributed by atoms with Gasteiger partial charge in [0, 0.05) is 7.14 Å². The van der Waals surface area contributed by atoms with Gasteiger partial charge in [-0.2, -0.15) is 0 Å². The van der Waals surface area contributed by atoms with Crippen molar-refractivity contribution in [3.05, 3.63) is 103 Å². The van der Waals surface area contributed by atoms with Crippen LogP contribution in [-0.2, 0) is 11.3 Å². The molecular formula is C21H16I2O4. The Morgan fingerprint density at radius 3 is 1.85 bits per heavy atom. The lowest BCUT2D eigenvalue weighted by atomic mass is 10.2. The molecule has 0 aliphatic heterocycles. The van der Waals surface area contributed by atoms with E-state index in [9.17, 15) is 9.59 Å². The van der Waals surface area contributed by atoms with E-state index in [-0.39, 0.29) is 5.97 Å². The third-order valence-electron chi connectivity index (χ3n) is 3.34. The molecule has 0 saturated heterocycles.